The summed E-state index contributed by atoms with van der Waals surface area (Å²) in [5.74, 6) is -1.61. The molecule has 368 valence electrons. The second-order valence-electron chi connectivity index (χ2n) is 19.0. The van der Waals surface area contributed by atoms with E-state index in [1.165, 1.54) is 0 Å². The van der Waals surface area contributed by atoms with E-state index in [-0.39, 0.29) is 58.7 Å². The number of carbonyl (C=O) groups excluding carboxylic acids is 7. The van der Waals surface area contributed by atoms with E-state index in [0.29, 0.717) is 45.1 Å². The number of ether oxygens (including phenoxy) is 5. The van der Waals surface area contributed by atoms with Crippen molar-refractivity contribution in [2.24, 2.45) is 5.11 Å². The van der Waals surface area contributed by atoms with Crippen molar-refractivity contribution in [3.63, 3.8) is 0 Å². The van der Waals surface area contributed by atoms with Gasteiger partial charge in [0.05, 0.1) is 13.2 Å². The minimum Gasteiger partial charge on any atom is -0.444 e. The molecule has 0 saturated carbocycles. The standard InChI is InChI=1S/C42H78N10O12/c1-39(2,3)61-35(56)46-23-17-14-20-30(50-37(58)63-41(7,8)9)33(54)44-22-16-13-19-29(32(53)45-25-27-60-28-26-48-52-43)49-34(55)31(51-38(59)64-42(10,11)12)21-15-18-24-47-36(57)62-40(4,5)6/h29-31H,13-28H2,1-12H3,(H,44,54)(H,45,53)(H,46,56)(H,47,57)(H,49,55)(H,50,58)(H,51,59)/t29-,30-,31-/m0/s1. The van der Waals surface area contributed by atoms with Gasteiger partial charge in [0.25, 0.3) is 0 Å². The van der Waals surface area contributed by atoms with E-state index in [0.717, 1.165) is 0 Å². The molecule has 0 heterocycles. The number of nitrogens with one attached hydrogen (secondary N) is 7. The van der Waals surface area contributed by atoms with Crippen molar-refractivity contribution in [1.82, 2.24) is 37.2 Å². The van der Waals surface area contributed by atoms with Gasteiger partial charge in [0.15, 0.2) is 0 Å². The lowest BCUT2D eigenvalue weighted by Crippen LogP contribution is -2.54. The molecule has 0 fully saturated rings. The van der Waals surface area contributed by atoms with Gasteiger partial charge in [0.1, 0.15) is 40.5 Å². The van der Waals surface area contributed by atoms with Gasteiger partial charge in [0.2, 0.25) is 17.7 Å². The Hall–Kier alpha value is -5.24. The van der Waals surface area contributed by atoms with Gasteiger partial charge in [-0.25, -0.2) is 19.2 Å². The monoisotopic (exact) mass is 915 g/mol. The Bertz CT molecular complexity index is 1510. The van der Waals surface area contributed by atoms with Crippen LogP contribution in [-0.4, -0.2) is 129 Å². The lowest BCUT2D eigenvalue weighted by Gasteiger charge is -2.25. The zero-order valence-corrected chi connectivity index (χ0v) is 40.3. The fourth-order valence-electron chi connectivity index (χ4n) is 5.36. The first kappa shape index (κ1) is 58.8. The van der Waals surface area contributed by atoms with E-state index >= 15 is 0 Å². The highest BCUT2D eigenvalue weighted by atomic mass is 16.6. The fraction of sp³-hybridized carbons (Fsp3) is 0.833. The molecule has 0 bridgehead atoms. The predicted octanol–water partition coefficient (Wildman–Crippen LogP) is 5.38. The molecule has 3 atom stereocenters. The molecular weight excluding hydrogens is 837 g/mol. The second kappa shape index (κ2) is 30.0. The molecule has 0 rings (SSSR count). The highest BCUT2D eigenvalue weighted by molar-refractivity contribution is 5.91. The van der Waals surface area contributed by atoms with Crippen LogP contribution in [0.2, 0.25) is 0 Å². The number of hydrogen-bond donors (Lipinski definition) is 7. The normalized spacial score (nSPS) is 13.1. The van der Waals surface area contributed by atoms with Gasteiger partial charge in [-0.1, -0.05) is 5.11 Å². The average molecular weight is 915 g/mol. The topological polar surface area (TPSA) is 299 Å². The summed E-state index contributed by atoms with van der Waals surface area (Å²) in [5.41, 5.74) is 5.49. The van der Waals surface area contributed by atoms with Crippen LogP contribution in [0.1, 0.15) is 141 Å². The smallest absolute Gasteiger partial charge is 0.408 e. The largest absolute Gasteiger partial charge is 0.444 e. The number of alkyl carbamates (subject to hydrolysis) is 4. The Balaban J connectivity index is 5.75. The maximum atomic E-state index is 13.8. The summed E-state index contributed by atoms with van der Waals surface area (Å²) in [6.45, 7) is 21.9. The number of amides is 7. The Morgan fingerprint density at radius 1 is 0.453 bits per heavy atom. The van der Waals surface area contributed by atoms with Crippen LogP contribution in [0.5, 0.6) is 0 Å². The average Bonchev–Trinajstić information content (AvgIpc) is 3.12. The van der Waals surface area contributed by atoms with Gasteiger partial charge < -0.3 is 60.9 Å². The number of rotatable bonds is 27. The molecule has 0 saturated heterocycles. The molecule has 0 aromatic rings. The zero-order chi connectivity index (χ0) is 49.0. The molecule has 22 heteroatoms. The summed E-state index contributed by atoms with van der Waals surface area (Å²) >= 11 is 0. The van der Waals surface area contributed by atoms with Crippen LogP contribution in [0.15, 0.2) is 5.11 Å². The first-order valence-corrected chi connectivity index (χ1v) is 22.0. The van der Waals surface area contributed by atoms with Crippen LogP contribution < -0.4 is 37.2 Å². The molecule has 0 aromatic heterocycles. The Morgan fingerprint density at radius 3 is 1.19 bits per heavy atom. The highest BCUT2D eigenvalue weighted by Gasteiger charge is 2.29. The van der Waals surface area contributed by atoms with E-state index in [9.17, 15) is 33.6 Å². The molecule has 0 aromatic carbocycles. The molecule has 0 aliphatic carbocycles. The summed E-state index contributed by atoms with van der Waals surface area (Å²) < 4.78 is 26.6. The van der Waals surface area contributed by atoms with Crippen LogP contribution in [0.3, 0.4) is 0 Å². The van der Waals surface area contributed by atoms with Crippen molar-refractivity contribution in [2.75, 3.05) is 45.9 Å². The number of carbonyl (C=O) groups is 7. The SMILES string of the molecule is CC(C)(C)OC(=O)NCCCC[C@H](NC(=O)OC(C)(C)C)C(=O)NCCCC[C@H](NC(=O)[C@H](CCCCNC(=O)OC(C)(C)C)NC(=O)OC(C)(C)C)C(=O)NCCOCCN=[N+]=[N-]. The van der Waals surface area contributed by atoms with E-state index in [4.69, 9.17) is 29.2 Å². The summed E-state index contributed by atoms with van der Waals surface area (Å²) in [6.07, 6.45) is 0.418. The zero-order valence-electron chi connectivity index (χ0n) is 40.3. The van der Waals surface area contributed by atoms with Gasteiger partial charge in [-0.2, -0.15) is 0 Å². The van der Waals surface area contributed by atoms with E-state index in [1.807, 2.05) is 0 Å². The molecule has 22 nitrogen and oxygen atoms in total. The fourth-order valence-corrected chi connectivity index (χ4v) is 5.36. The Kier molecular flexibility index (Phi) is 27.5. The van der Waals surface area contributed by atoms with Crippen molar-refractivity contribution in [1.29, 1.82) is 0 Å². The quantitative estimate of drug-likeness (QED) is 0.0180. The molecular formula is C42H78N10O12. The molecule has 64 heavy (non-hydrogen) atoms. The van der Waals surface area contributed by atoms with Crippen LogP contribution in [0.4, 0.5) is 19.2 Å². The Labute approximate surface area is 378 Å². The third kappa shape index (κ3) is 34.3. The summed E-state index contributed by atoms with van der Waals surface area (Å²) in [5, 5.41) is 22.3. The first-order chi connectivity index (χ1) is 29.6. The minimum atomic E-state index is -1.10. The van der Waals surface area contributed by atoms with Crippen LogP contribution in [0, 0.1) is 0 Å². The molecule has 7 amide bonds. The van der Waals surface area contributed by atoms with Crippen LogP contribution in [0.25, 0.3) is 10.4 Å². The van der Waals surface area contributed by atoms with E-state index in [1.54, 1.807) is 83.1 Å². The third-order valence-corrected chi connectivity index (χ3v) is 7.99. The molecule has 0 aliphatic heterocycles. The number of nitrogens with zero attached hydrogens (tertiary/aromatic N) is 3. The van der Waals surface area contributed by atoms with Gasteiger partial charge in [0, 0.05) is 37.6 Å². The summed E-state index contributed by atoms with van der Waals surface area (Å²) in [4.78, 5) is 92.7. The molecule has 0 aliphatic rings. The lowest BCUT2D eigenvalue weighted by atomic mass is 10.1. The summed E-state index contributed by atoms with van der Waals surface area (Å²) in [6, 6.07) is -3.10. The van der Waals surface area contributed by atoms with E-state index in [2.05, 4.69) is 47.2 Å². The van der Waals surface area contributed by atoms with Crippen molar-refractivity contribution in [3.05, 3.63) is 10.4 Å². The summed E-state index contributed by atoms with van der Waals surface area (Å²) in [7, 11) is 0. The van der Waals surface area contributed by atoms with Crippen LogP contribution >= 0.6 is 0 Å². The molecule has 0 unspecified atom stereocenters. The lowest BCUT2D eigenvalue weighted by molar-refractivity contribution is -0.130. The first-order valence-electron chi connectivity index (χ1n) is 22.0. The van der Waals surface area contributed by atoms with Gasteiger partial charge in [-0.05, 0) is 146 Å². The molecule has 7 N–H and O–H groups in total. The third-order valence-electron chi connectivity index (χ3n) is 7.99. The highest BCUT2D eigenvalue weighted by Crippen LogP contribution is 2.12. The van der Waals surface area contributed by atoms with Crippen molar-refractivity contribution >= 4 is 42.1 Å². The maximum absolute atomic E-state index is 13.8. The number of azide groups is 1. The van der Waals surface area contributed by atoms with Crippen molar-refractivity contribution < 1.29 is 57.2 Å². The van der Waals surface area contributed by atoms with Crippen molar-refractivity contribution in [2.45, 2.75) is 181 Å². The van der Waals surface area contributed by atoms with E-state index < -0.39 is 82.6 Å². The maximum Gasteiger partial charge on any atom is 0.408 e. The second-order valence-corrected chi connectivity index (χ2v) is 19.0. The predicted molar refractivity (Wildman–Crippen MR) is 239 cm³/mol. The van der Waals surface area contributed by atoms with Crippen molar-refractivity contribution in [3.8, 4) is 0 Å². The van der Waals surface area contributed by atoms with Gasteiger partial charge >= 0.3 is 24.4 Å². The van der Waals surface area contributed by atoms with Gasteiger partial charge in [-0.15, -0.1) is 0 Å². The number of hydrogen-bond acceptors (Lipinski definition) is 13. The molecule has 0 spiro atoms. The minimum absolute atomic E-state index is 0.0882. The Morgan fingerprint density at radius 2 is 0.797 bits per heavy atom. The van der Waals surface area contributed by atoms with Gasteiger partial charge in [-0.3, -0.25) is 14.4 Å². The number of unbranched alkanes of at least 4 members (excludes halogenated alkanes) is 3. The molecule has 0 radical (unpaired) electrons. The van der Waals surface area contributed by atoms with Crippen LogP contribution in [-0.2, 0) is 38.1 Å².